The number of nitrogens with one attached hydrogen (secondary N) is 2. The smallest absolute Gasteiger partial charge is 0.301 e. The second-order valence-electron chi connectivity index (χ2n) is 8.02. The number of aromatic nitrogens is 3. The normalized spacial score (nSPS) is 11.5. The van der Waals surface area contributed by atoms with E-state index >= 15 is 0 Å². The lowest BCUT2D eigenvalue weighted by Crippen LogP contribution is -2.39. The van der Waals surface area contributed by atoms with Crippen molar-refractivity contribution < 1.29 is 14.6 Å². The molecule has 0 atom stereocenters. The fourth-order valence-corrected chi connectivity index (χ4v) is 3.79. The van der Waals surface area contributed by atoms with E-state index in [4.69, 9.17) is 16.3 Å². The molecule has 164 valence electrons. The summed E-state index contributed by atoms with van der Waals surface area (Å²) in [5.74, 6) is 0.500. The molecule has 8 heteroatoms. The molecule has 0 fully saturated rings. The van der Waals surface area contributed by atoms with Crippen LogP contribution in [0.1, 0.15) is 31.9 Å². The molecule has 7 nitrogen and oxygen atoms in total. The monoisotopic (exact) mass is 450 g/mol. The van der Waals surface area contributed by atoms with Gasteiger partial charge in [0.05, 0.1) is 28.4 Å². The number of ether oxygens (including phenoxy) is 1. The number of benzene rings is 2. The molecule has 4 aromatic rings. The summed E-state index contributed by atoms with van der Waals surface area (Å²) in [4.78, 5) is 23.5. The van der Waals surface area contributed by atoms with Gasteiger partial charge in [-0.05, 0) is 49.2 Å². The minimum absolute atomic E-state index is 0.0606. The number of pyridine rings is 1. The number of amides is 1. The molecule has 0 radical (unpaired) electrons. The van der Waals surface area contributed by atoms with Crippen molar-refractivity contribution in [1.82, 2.24) is 20.3 Å². The van der Waals surface area contributed by atoms with Crippen molar-refractivity contribution in [3.05, 3.63) is 70.7 Å². The Bertz CT molecular complexity index is 1280. The first-order valence-corrected chi connectivity index (χ1v) is 10.5. The lowest BCUT2D eigenvalue weighted by molar-refractivity contribution is -0.120. The number of aliphatic hydroxyl groups excluding tert-OH is 1. The zero-order chi connectivity index (χ0) is 22.9. The van der Waals surface area contributed by atoms with E-state index in [0.717, 1.165) is 16.7 Å². The number of hydrogen-bond acceptors (Lipinski definition) is 5. The van der Waals surface area contributed by atoms with Crippen molar-refractivity contribution in [2.45, 2.75) is 32.9 Å². The minimum Gasteiger partial charge on any atom is -0.426 e. The summed E-state index contributed by atoms with van der Waals surface area (Å²) in [7, 11) is 0. The Morgan fingerprint density at radius 3 is 2.59 bits per heavy atom. The molecule has 0 saturated carbocycles. The number of imidazole rings is 1. The number of hydrogen-bond donors (Lipinski definition) is 3. The molecule has 2 heterocycles. The van der Waals surface area contributed by atoms with Gasteiger partial charge in [-0.25, -0.2) is 4.98 Å². The molecule has 32 heavy (non-hydrogen) atoms. The SMILES string of the molecule is CC(=O)NC(C)(C)c1ccc(Oc2nc3nc(-c4cccc(CO)c4)c(Cl)cc3[nH]2)cc1. The van der Waals surface area contributed by atoms with Crippen LogP contribution in [0.15, 0.2) is 54.6 Å². The van der Waals surface area contributed by atoms with Gasteiger partial charge in [0.2, 0.25) is 5.91 Å². The molecule has 0 unspecified atom stereocenters. The molecular formula is C24H23ClN4O3. The summed E-state index contributed by atoms with van der Waals surface area (Å²) < 4.78 is 5.86. The second-order valence-corrected chi connectivity index (χ2v) is 8.43. The topological polar surface area (TPSA) is 100 Å². The molecule has 2 aromatic carbocycles. The highest BCUT2D eigenvalue weighted by atomic mass is 35.5. The van der Waals surface area contributed by atoms with Crippen LogP contribution in [-0.2, 0) is 16.9 Å². The van der Waals surface area contributed by atoms with Gasteiger partial charge in [-0.1, -0.05) is 41.9 Å². The van der Waals surface area contributed by atoms with Crippen molar-refractivity contribution >= 4 is 28.7 Å². The number of halogens is 1. The summed E-state index contributed by atoms with van der Waals surface area (Å²) >= 11 is 6.46. The number of carbonyl (C=O) groups excluding carboxylic acids is 1. The van der Waals surface area contributed by atoms with Crippen LogP contribution in [0.3, 0.4) is 0 Å². The van der Waals surface area contributed by atoms with Crippen LogP contribution in [0.5, 0.6) is 11.8 Å². The zero-order valence-electron chi connectivity index (χ0n) is 17.9. The van der Waals surface area contributed by atoms with E-state index in [1.807, 2.05) is 62.4 Å². The molecule has 0 aliphatic carbocycles. The molecule has 0 spiro atoms. The number of rotatable bonds is 6. The van der Waals surface area contributed by atoms with E-state index in [2.05, 4.69) is 20.3 Å². The van der Waals surface area contributed by atoms with E-state index in [1.54, 1.807) is 6.07 Å². The summed E-state index contributed by atoms with van der Waals surface area (Å²) in [6, 6.07) is 16.9. The third-order valence-corrected chi connectivity index (χ3v) is 5.36. The van der Waals surface area contributed by atoms with Crippen LogP contribution in [0.2, 0.25) is 5.02 Å². The number of aromatic amines is 1. The highest BCUT2D eigenvalue weighted by Crippen LogP contribution is 2.31. The zero-order valence-corrected chi connectivity index (χ0v) is 18.7. The molecule has 0 aliphatic heterocycles. The first kappa shape index (κ1) is 21.8. The predicted octanol–water partition coefficient (Wildman–Crippen LogP) is 4.93. The molecule has 0 bridgehead atoms. The lowest BCUT2D eigenvalue weighted by atomic mass is 9.94. The van der Waals surface area contributed by atoms with Gasteiger partial charge in [0.1, 0.15) is 5.75 Å². The molecule has 3 N–H and O–H groups in total. The van der Waals surface area contributed by atoms with Crippen molar-refractivity contribution in [1.29, 1.82) is 0 Å². The fourth-order valence-electron chi connectivity index (χ4n) is 3.53. The third kappa shape index (κ3) is 4.59. The van der Waals surface area contributed by atoms with Gasteiger partial charge in [-0.15, -0.1) is 0 Å². The Hall–Kier alpha value is -3.42. The van der Waals surface area contributed by atoms with E-state index in [9.17, 15) is 9.90 Å². The maximum atomic E-state index is 11.4. The first-order valence-electron chi connectivity index (χ1n) is 10.1. The van der Waals surface area contributed by atoms with Crippen molar-refractivity contribution in [3.63, 3.8) is 0 Å². The lowest BCUT2D eigenvalue weighted by Gasteiger charge is -2.26. The Kier molecular flexibility index (Phi) is 5.86. The molecule has 0 aliphatic rings. The van der Waals surface area contributed by atoms with Crippen LogP contribution >= 0.6 is 11.6 Å². The average molecular weight is 451 g/mol. The standard InChI is InChI=1S/C24H23ClN4O3/c1-14(31)29-24(2,3)17-7-9-18(10-8-17)32-23-26-20-12-19(25)21(27-22(20)28-23)16-6-4-5-15(11-16)13-30/h4-12,30H,13H2,1-3H3,(H,29,31)(H,26,27,28). The highest BCUT2D eigenvalue weighted by molar-refractivity contribution is 6.33. The Morgan fingerprint density at radius 2 is 1.91 bits per heavy atom. The molecular weight excluding hydrogens is 428 g/mol. The van der Waals surface area contributed by atoms with E-state index < -0.39 is 5.54 Å². The summed E-state index contributed by atoms with van der Waals surface area (Å²) in [6.07, 6.45) is 0. The van der Waals surface area contributed by atoms with E-state index in [1.165, 1.54) is 6.92 Å². The number of H-pyrrole nitrogens is 1. The number of aliphatic hydroxyl groups is 1. The van der Waals surface area contributed by atoms with Gasteiger partial charge < -0.3 is 20.1 Å². The Morgan fingerprint density at radius 1 is 1.16 bits per heavy atom. The maximum Gasteiger partial charge on any atom is 0.301 e. The van der Waals surface area contributed by atoms with Gasteiger partial charge in [-0.3, -0.25) is 4.79 Å². The highest BCUT2D eigenvalue weighted by Gasteiger charge is 2.21. The Labute approximate surface area is 190 Å². The van der Waals surface area contributed by atoms with Crippen molar-refractivity contribution in [2.75, 3.05) is 0 Å². The van der Waals surface area contributed by atoms with Crippen LogP contribution < -0.4 is 10.1 Å². The molecule has 1 amide bonds. The first-order chi connectivity index (χ1) is 15.2. The Balaban J connectivity index is 1.59. The number of fused-ring (bicyclic) bond motifs is 1. The maximum absolute atomic E-state index is 11.4. The van der Waals surface area contributed by atoms with Crippen molar-refractivity contribution in [3.8, 4) is 23.0 Å². The molecule has 4 rings (SSSR count). The predicted molar refractivity (Wildman–Crippen MR) is 124 cm³/mol. The van der Waals surface area contributed by atoms with Gasteiger partial charge in [0.15, 0.2) is 5.65 Å². The fraction of sp³-hybridized carbons (Fsp3) is 0.208. The van der Waals surface area contributed by atoms with Gasteiger partial charge >= 0.3 is 6.01 Å². The summed E-state index contributed by atoms with van der Waals surface area (Å²) in [5.41, 5.74) is 3.73. The van der Waals surface area contributed by atoms with E-state index in [0.29, 0.717) is 33.6 Å². The van der Waals surface area contributed by atoms with Crippen LogP contribution in [-0.4, -0.2) is 26.0 Å². The van der Waals surface area contributed by atoms with Crippen LogP contribution in [0.25, 0.3) is 22.4 Å². The van der Waals surface area contributed by atoms with E-state index in [-0.39, 0.29) is 12.5 Å². The molecule has 2 aromatic heterocycles. The average Bonchev–Trinajstić information content (AvgIpc) is 3.13. The van der Waals surface area contributed by atoms with Crippen LogP contribution in [0, 0.1) is 0 Å². The van der Waals surface area contributed by atoms with Crippen molar-refractivity contribution in [2.24, 2.45) is 0 Å². The van der Waals surface area contributed by atoms with Gasteiger partial charge in [-0.2, -0.15) is 4.98 Å². The summed E-state index contributed by atoms with van der Waals surface area (Å²) in [6.45, 7) is 5.31. The van der Waals surface area contributed by atoms with Crippen LogP contribution in [0.4, 0.5) is 0 Å². The largest absolute Gasteiger partial charge is 0.426 e. The van der Waals surface area contributed by atoms with Gasteiger partial charge in [0.25, 0.3) is 0 Å². The molecule has 0 saturated heterocycles. The second kappa shape index (κ2) is 8.61. The minimum atomic E-state index is -0.492. The number of carbonyl (C=O) groups is 1. The quantitative estimate of drug-likeness (QED) is 0.386. The van der Waals surface area contributed by atoms with Gasteiger partial charge in [0, 0.05) is 12.5 Å². The third-order valence-electron chi connectivity index (χ3n) is 5.07. The number of nitrogens with zero attached hydrogens (tertiary/aromatic N) is 2. The summed E-state index contributed by atoms with van der Waals surface area (Å²) in [5, 5.41) is 12.8.